The zero-order valence-corrected chi connectivity index (χ0v) is 13.5. The van der Waals surface area contributed by atoms with Gasteiger partial charge in [0.25, 0.3) is 0 Å². The van der Waals surface area contributed by atoms with Gasteiger partial charge in [-0.2, -0.15) is 0 Å². The van der Waals surface area contributed by atoms with Crippen molar-refractivity contribution < 1.29 is 0 Å². The average molecular weight is 291 g/mol. The molecule has 1 aromatic carbocycles. The van der Waals surface area contributed by atoms with Crippen LogP contribution in [0.1, 0.15) is 32.3 Å². The molecule has 0 spiro atoms. The van der Waals surface area contributed by atoms with Crippen LogP contribution in [-0.4, -0.2) is 28.8 Å². The number of fused-ring (bicyclic) bond motifs is 1. The molecule has 2 aromatic rings. The summed E-state index contributed by atoms with van der Waals surface area (Å²) in [5.41, 5.74) is 3.46. The highest BCUT2D eigenvalue weighted by molar-refractivity contribution is 7.99. The molecule has 1 aromatic heterocycles. The van der Waals surface area contributed by atoms with Crippen LogP contribution in [0.4, 0.5) is 0 Å². The molecule has 0 aliphatic rings. The summed E-state index contributed by atoms with van der Waals surface area (Å²) in [6.45, 7) is 8.82. The summed E-state index contributed by atoms with van der Waals surface area (Å²) in [5.74, 6) is 1.87. The third kappa shape index (κ3) is 4.84. The summed E-state index contributed by atoms with van der Waals surface area (Å²) in [6, 6.07) is 6.33. The Hall–Kier alpha value is -1.00. The van der Waals surface area contributed by atoms with Crippen LogP contribution >= 0.6 is 11.8 Å². The van der Waals surface area contributed by atoms with E-state index in [4.69, 9.17) is 0 Å². The van der Waals surface area contributed by atoms with E-state index >= 15 is 0 Å². The molecule has 0 aliphatic carbocycles. The number of aryl methyl sites for hydroxylation is 1. The minimum Gasteiger partial charge on any atom is -0.333 e. The molecule has 0 saturated heterocycles. The molecule has 4 heteroatoms. The molecule has 0 atom stereocenters. The number of benzene rings is 1. The van der Waals surface area contributed by atoms with Crippen molar-refractivity contribution in [2.45, 2.75) is 38.8 Å². The van der Waals surface area contributed by atoms with Crippen molar-refractivity contribution in [3.63, 3.8) is 0 Å². The Bertz CT molecular complexity index is 534. The lowest BCUT2D eigenvalue weighted by Crippen LogP contribution is -2.18. The highest BCUT2D eigenvalue weighted by Crippen LogP contribution is 2.19. The summed E-state index contributed by atoms with van der Waals surface area (Å²) in [5, 5.41) is 4.51. The van der Waals surface area contributed by atoms with Crippen molar-refractivity contribution in [2.24, 2.45) is 5.92 Å². The normalized spacial score (nSPS) is 11.6. The topological polar surface area (TPSA) is 40.7 Å². The molecule has 0 fully saturated rings. The largest absolute Gasteiger partial charge is 0.333 e. The minimum absolute atomic E-state index is 0.810. The maximum absolute atomic E-state index is 4.59. The third-order valence-corrected chi connectivity index (χ3v) is 4.14. The summed E-state index contributed by atoms with van der Waals surface area (Å²) in [7, 11) is 0. The number of hydrogen-bond acceptors (Lipinski definition) is 3. The lowest BCUT2D eigenvalue weighted by Gasteiger charge is -2.05. The number of rotatable bonds is 8. The molecule has 0 radical (unpaired) electrons. The fourth-order valence-electron chi connectivity index (χ4n) is 2.15. The van der Waals surface area contributed by atoms with Crippen molar-refractivity contribution >= 4 is 22.8 Å². The van der Waals surface area contributed by atoms with E-state index in [2.05, 4.69) is 54.3 Å². The first kappa shape index (κ1) is 15.4. The van der Waals surface area contributed by atoms with Gasteiger partial charge in [0.15, 0.2) is 5.16 Å². The molecular formula is C16H25N3S. The Morgan fingerprint density at radius 1 is 1.30 bits per heavy atom. The summed E-state index contributed by atoms with van der Waals surface area (Å²) in [6.07, 6.45) is 2.58. The van der Waals surface area contributed by atoms with Crippen LogP contribution in [0.2, 0.25) is 0 Å². The van der Waals surface area contributed by atoms with Crippen LogP contribution in [0.25, 0.3) is 11.0 Å². The van der Waals surface area contributed by atoms with Crippen molar-refractivity contribution in [1.82, 2.24) is 15.3 Å². The number of H-pyrrole nitrogens is 1. The molecule has 3 nitrogen and oxygen atoms in total. The van der Waals surface area contributed by atoms with Gasteiger partial charge in [-0.15, -0.1) is 0 Å². The Labute approximate surface area is 125 Å². The molecule has 20 heavy (non-hydrogen) atoms. The van der Waals surface area contributed by atoms with Crippen LogP contribution in [-0.2, 0) is 0 Å². The van der Waals surface area contributed by atoms with Crippen LogP contribution in [0.3, 0.4) is 0 Å². The van der Waals surface area contributed by atoms with E-state index < -0.39 is 0 Å². The van der Waals surface area contributed by atoms with Gasteiger partial charge in [-0.25, -0.2) is 4.98 Å². The van der Waals surface area contributed by atoms with E-state index in [1.165, 1.54) is 18.4 Å². The van der Waals surface area contributed by atoms with E-state index in [1.54, 1.807) is 11.8 Å². The second kappa shape index (κ2) is 7.70. The number of thioether (sulfide) groups is 1. The zero-order valence-electron chi connectivity index (χ0n) is 12.7. The standard InChI is InChI=1S/C16H25N3S/c1-12(2)5-4-8-17-9-10-20-16-18-14-7-6-13(3)11-15(14)19-16/h6-7,11-12,17H,4-5,8-10H2,1-3H3,(H,18,19). The van der Waals surface area contributed by atoms with Gasteiger partial charge in [0, 0.05) is 12.3 Å². The third-order valence-electron chi connectivity index (χ3n) is 3.27. The highest BCUT2D eigenvalue weighted by Gasteiger charge is 2.03. The predicted molar refractivity (Wildman–Crippen MR) is 88.5 cm³/mol. The summed E-state index contributed by atoms with van der Waals surface area (Å²) in [4.78, 5) is 7.97. The van der Waals surface area contributed by atoms with Gasteiger partial charge in [0.1, 0.15) is 0 Å². The van der Waals surface area contributed by atoms with Gasteiger partial charge in [0.2, 0.25) is 0 Å². The Morgan fingerprint density at radius 3 is 2.95 bits per heavy atom. The van der Waals surface area contributed by atoms with E-state index in [1.807, 2.05) is 0 Å². The smallest absolute Gasteiger partial charge is 0.166 e. The fraction of sp³-hybridized carbons (Fsp3) is 0.562. The van der Waals surface area contributed by atoms with Gasteiger partial charge < -0.3 is 10.3 Å². The predicted octanol–water partition coefficient (Wildman–Crippen LogP) is 3.99. The highest BCUT2D eigenvalue weighted by atomic mass is 32.2. The second-order valence-corrected chi connectivity index (χ2v) is 6.78. The molecule has 0 unspecified atom stereocenters. The van der Waals surface area contributed by atoms with Gasteiger partial charge in [0.05, 0.1) is 11.0 Å². The number of nitrogens with one attached hydrogen (secondary N) is 2. The van der Waals surface area contributed by atoms with E-state index in [9.17, 15) is 0 Å². The molecule has 0 saturated carbocycles. The van der Waals surface area contributed by atoms with Crippen molar-refractivity contribution in [3.05, 3.63) is 23.8 Å². The van der Waals surface area contributed by atoms with E-state index in [0.717, 1.165) is 41.0 Å². The van der Waals surface area contributed by atoms with Gasteiger partial charge in [-0.1, -0.05) is 31.7 Å². The summed E-state index contributed by atoms with van der Waals surface area (Å²) >= 11 is 1.79. The monoisotopic (exact) mass is 291 g/mol. The van der Waals surface area contributed by atoms with E-state index in [0.29, 0.717) is 0 Å². The van der Waals surface area contributed by atoms with Crippen LogP contribution < -0.4 is 5.32 Å². The fourth-order valence-corrected chi connectivity index (χ4v) is 2.93. The molecular weight excluding hydrogens is 266 g/mol. The van der Waals surface area contributed by atoms with E-state index in [-0.39, 0.29) is 0 Å². The molecule has 0 aliphatic heterocycles. The van der Waals surface area contributed by atoms with Gasteiger partial charge >= 0.3 is 0 Å². The molecule has 0 amide bonds. The van der Waals surface area contributed by atoms with Crippen LogP contribution in [0, 0.1) is 12.8 Å². The van der Waals surface area contributed by atoms with Gasteiger partial charge in [-0.3, -0.25) is 0 Å². The number of aromatic amines is 1. The second-order valence-electron chi connectivity index (χ2n) is 5.70. The number of nitrogens with zero attached hydrogens (tertiary/aromatic N) is 1. The number of aromatic nitrogens is 2. The van der Waals surface area contributed by atoms with Crippen molar-refractivity contribution in [2.75, 3.05) is 18.8 Å². The molecule has 2 rings (SSSR count). The quantitative estimate of drug-likeness (QED) is 0.571. The van der Waals surface area contributed by atoms with Crippen molar-refractivity contribution in [3.8, 4) is 0 Å². The summed E-state index contributed by atoms with van der Waals surface area (Å²) < 4.78 is 0. The molecule has 1 heterocycles. The molecule has 2 N–H and O–H groups in total. The number of imidazole rings is 1. The number of hydrogen-bond donors (Lipinski definition) is 2. The zero-order chi connectivity index (χ0) is 14.4. The first-order valence-electron chi connectivity index (χ1n) is 7.45. The molecule has 110 valence electrons. The molecule has 0 bridgehead atoms. The maximum atomic E-state index is 4.59. The average Bonchev–Trinajstić information content (AvgIpc) is 2.79. The first-order valence-corrected chi connectivity index (χ1v) is 8.43. The Morgan fingerprint density at radius 2 is 2.15 bits per heavy atom. The van der Waals surface area contributed by atoms with Crippen LogP contribution in [0.15, 0.2) is 23.4 Å². The Balaban J connectivity index is 1.68. The SMILES string of the molecule is Cc1ccc2nc(SCCNCCCC(C)C)[nH]c2c1. The lowest BCUT2D eigenvalue weighted by molar-refractivity contribution is 0.534. The minimum atomic E-state index is 0.810. The lowest BCUT2D eigenvalue weighted by atomic mass is 10.1. The maximum Gasteiger partial charge on any atom is 0.166 e. The Kier molecular flexibility index (Phi) is 5.92. The van der Waals surface area contributed by atoms with Crippen LogP contribution in [0.5, 0.6) is 0 Å². The van der Waals surface area contributed by atoms with Crippen molar-refractivity contribution in [1.29, 1.82) is 0 Å². The first-order chi connectivity index (χ1) is 9.65. The van der Waals surface area contributed by atoms with Gasteiger partial charge in [-0.05, 0) is 49.9 Å².